The predicted molar refractivity (Wildman–Crippen MR) is 119 cm³/mol. The summed E-state index contributed by atoms with van der Waals surface area (Å²) in [4.78, 5) is 2.21. The molecule has 3 heteroatoms. The van der Waals surface area contributed by atoms with E-state index in [0.29, 0.717) is 6.04 Å². The molecule has 1 aliphatic carbocycles. The summed E-state index contributed by atoms with van der Waals surface area (Å²) in [5.74, 6) is 1.53. The monoisotopic (exact) mass is 385 g/mol. The van der Waals surface area contributed by atoms with Crippen molar-refractivity contribution in [3.8, 4) is 11.1 Å². The Bertz CT molecular complexity index is 976. The summed E-state index contributed by atoms with van der Waals surface area (Å²) in [7, 11) is 4.20. The molecule has 1 unspecified atom stereocenters. The van der Waals surface area contributed by atoms with Crippen molar-refractivity contribution in [1.29, 1.82) is 0 Å². The van der Waals surface area contributed by atoms with Gasteiger partial charge in [0, 0.05) is 11.6 Å². The van der Waals surface area contributed by atoms with Gasteiger partial charge < -0.3 is 14.4 Å². The van der Waals surface area contributed by atoms with E-state index in [2.05, 4.69) is 92.7 Å². The van der Waals surface area contributed by atoms with E-state index in [0.717, 1.165) is 29.9 Å². The minimum absolute atomic E-state index is 0.402. The number of ether oxygens (including phenoxy) is 2. The van der Waals surface area contributed by atoms with Crippen molar-refractivity contribution in [3.05, 3.63) is 102 Å². The first-order valence-electron chi connectivity index (χ1n) is 10.1. The van der Waals surface area contributed by atoms with Gasteiger partial charge in [-0.3, -0.25) is 0 Å². The highest BCUT2D eigenvalue weighted by Gasteiger charge is 2.16. The van der Waals surface area contributed by atoms with Crippen LogP contribution in [0.25, 0.3) is 16.9 Å². The van der Waals surface area contributed by atoms with Gasteiger partial charge in [0.25, 0.3) is 0 Å². The molecule has 2 aromatic carbocycles. The molecule has 0 N–H and O–H groups in total. The summed E-state index contributed by atoms with van der Waals surface area (Å²) in [6, 6.07) is 17.6. The lowest BCUT2D eigenvalue weighted by molar-refractivity contribution is 0.285. The molecule has 1 aliphatic heterocycles. The predicted octanol–water partition coefficient (Wildman–Crippen LogP) is 6.44. The molecule has 29 heavy (non-hydrogen) atoms. The number of hydrogen-bond donors (Lipinski definition) is 0. The first kappa shape index (κ1) is 19.3. The first-order chi connectivity index (χ1) is 14.1. The lowest BCUT2D eigenvalue weighted by Crippen LogP contribution is -2.16. The van der Waals surface area contributed by atoms with Crippen LogP contribution in [0.3, 0.4) is 0 Å². The SMILES string of the molecule is CC(c1ccc(-c2ccc(C3=COC=C(C4=CC=CCC4)O3)cc2)cc1)N(C)C. The molecule has 0 fully saturated rings. The molecule has 0 saturated carbocycles. The molecular weight excluding hydrogens is 358 g/mol. The molecule has 1 heterocycles. The van der Waals surface area contributed by atoms with Gasteiger partial charge >= 0.3 is 0 Å². The average molecular weight is 386 g/mol. The zero-order chi connectivity index (χ0) is 20.2. The van der Waals surface area contributed by atoms with Gasteiger partial charge in [0.1, 0.15) is 12.5 Å². The summed E-state index contributed by atoms with van der Waals surface area (Å²) >= 11 is 0. The van der Waals surface area contributed by atoms with E-state index in [1.54, 1.807) is 12.5 Å². The zero-order valence-electron chi connectivity index (χ0n) is 17.3. The normalized spacial score (nSPS) is 17.0. The van der Waals surface area contributed by atoms with E-state index in [1.165, 1.54) is 22.3 Å². The fourth-order valence-corrected chi connectivity index (χ4v) is 3.48. The average Bonchev–Trinajstić information content (AvgIpc) is 2.79. The Morgan fingerprint density at radius 1 is 0.828 bits per heavy atom. The van der Waals surface area contributed by atoms with E-state index in [1.807, 2.05) is 0 Å². The van der Waals surface area contributed by atoms with E-state index in [-0.39, 0.29) is 0 Å². The molecule has 2 aromatic rings. The third kappa shape index (κ3) is 4.36. The number of rotatable bonds is 5. The van der Waals surface area contributed by atoms with E-state index >= 15 is 0 Å². The van der Waals surface area contributed by atoms with Crippen molar-refractivity contribution >= 4 is 5.76 Å². The van der Waals surface area contributed by atoms with E-state index in [4.69, 9.17) is 9.47 Å². The Balaban J connectivity index is 1.47. The molecule has 2 aliphatic rings. The van der Waals surface area contributed by atoms with Gasteiger partial charge in [-0.2, -0.15) is 0 Å². The smallest absolute Gasteiger partial charge is 0.169 e. The van der Waals surface area contributed by atoms with Gasteiger partial charge in [-0.25, -0.2) is 0 Å². The summed E-state index contributed by atoms with van der Waals surface area (Å²) in [6.45, 7) is 2.21. The summed E-state index contributed by atoms with van der Waals surface area (Å²) in [5.41, 5.74) is 5.89. The Hall–Kier alpha value is -3.04. The summed E-state index contributed by atoms with van der Waals surface area (Å²) < 4.78 is 11.7. The van der Waals surface area contributed by atoms with Crippen LogP contribution in [0.4, 0.5) is 0 Å². The highest BCUT2D eigenvalue weighted by molar-refractivity contribution is 5.68. The molecule has 0 amide bonds. The van der Waals surface area contributed by atoms with Crippen LogP contribution in [0.5, 0.6) is 0 Å². The van der Waals surface area contributed by atoms with E-state index < -0.39 is 0 Å². The molecular formula is C26H27NO2. The molecule has 148 valence electrons. The van der Waals surface area contributed by atoms with Gasteiger partial charge in [-0.1, -0.05) is 66.8 Å². The van der Waals surface area contributed by atoms with Crippen LogP contribution in [-0.4, -0.2) is 19.0 Å². The molecule has 0 saturated heterocycles. The zero-order valence-corrected chi connectivity index (χ0v) is 17.3. The van der Waals surface area contributed by atoms with Gasteiger partial charge in [-0.15, -0.1) is 0 Å². The van der Waals surface area contributed by atoms with Crippen molar-refractivity contribution < 1.29 is 9.47 Å². The first-order valence-corrected chi connectivity index (χ1v) is 10.1. The molecule has 0 bridgehead atoms. The Kier molecular flexibility index (Phi) is 5.68. The maximum Gasteiger partial charge on any atom is 0.169 e. The van der Waals surface area contributed by atoms with Crippen LogP contribution in [0.2, 0.25) is 0 Å². The number of allylic oxidation sites excluding steroid dienone is 4. The van der Waals surface area contributed by atoms with Crippen LogP contribution >= 0.6 is 0 Å². The minimum Gasteiger partial charge on any atom is -0.465 e. The van der Waals surface area contributed by atoms with Crippen molar-refractivity contribution in [2.45, 2.75) is 25.8 Å². The highest BCUT2D eigenvalue weighted by atomic mass is 16.5. The van der Waals surface area contributed by atoms with Crippen LogP contribution in [-0.2, 0) is 9.47 Å². The van der Waals surface area contributed by atoms with Gasteiger partial charge in [0.05, 0.1) is 0 Å². The van der Waals surface area contributed by atoms with Gasteiger partial charge in [-0.05, 0) is 56.1 Å². The number of benzene rings is 2. The lowest BCUT2D eigenvalue weighted by Gasteiger charge is -2.20. The van der Waals surface area contributed by atoms with Crippen molar-refractivity contribution in [2.75, 3.05) is 14.1 Å². The molecule has 4 rings (SSSR count). The van der Waals surface area contributed by atoms with Crippen LogP contribution < -0.4 is 0 Å². The van der Waals surface area contributed by atoms with Crippen molar-refractivity contribution in [1.82, 2.24) is 4.90 Å². The summed E-state index contributed by atoms with van der Waals surface area (Å²) in [5, 5.41) is 0. The largest absolute Gasteiger partial charge is 0.465 e. The van der Waals surface area contributed by atoms with Crippen LogP contribution in [0.15, 0.2) is 90.6 Å². The van der Waals surface area contributed by atoms with Crippen molar-refractivity contribution in [2.24, 2.45) is 0 Å². The quantitative estimate of drug-likeness (QED) is 0.591. The molecule has 0 radical (unpaired) electrons. The van der Waals surface area contributed by atoms with Gasteiger partial charge in [0.15, 0.2) is 11.5 Å². The third-order valence-electron chi connectivity index (χ3n) is 5.57. The Morgan fingerprint density at radius 2 is 1.45 bits per heavy atom. The topological polar surface area (TPSA) is 21.7 Å². The summed E-state index contributed by atoms with van der Waals surface area (Å²) in [6.07, 6.45) is 11.7. The maximum absolute atomic E-state index is 6.11. The second-order valence-electron chi connectivity index (χ2n) is 7.70. The molecule has 0 aromatic heterocycles. The van der Waals surface area contributed by atoms with Crippen molar-refractivity contribution in [3.63, 3.8) is 0 Å². The van der Waals surface area contributed by atoms with Gasteiger partial charge in [0.2, 0.25) is 0 Å². The fourth-order valence-electron chi connectivity index (χ4n) is 3.48. The van der Waals surface area contributed by atoms with Crippen LogP contribution in [0, 0.1) is 0 Å². The van der Waals surface area contributed by atoms with Crippen LogP contribution in [0.1, 0.15) is 36.9 Å². The minimum atomic E-state index is 0.402. The number of hydrogen-bond acceptors (Lipinski definition) is 3. The maximum atomic E-state index is 6.11. The fraction of sp³-hybridized carbons (Fsp3) is 0.231. The highest BCUT2D eigenvalue weighted by Crippen LogP contribution is 2.31. The molecule has 3 nitrogen and oxygen atoms in total. The Labute approximate surface area is 173 Å². The third-order valence-corrected chi connectivity index (χ3v) is 5.57. The van der Waals surface area contributed by atoms with E-state index in [9.17, 15) is 0 Å². The molecule has 0 spiro atoms. The lowest BCUT2D eigenvalue weighted by atomic mass is 10.00. The number of nitrogens with zero attached hydrogens (tertiary/aromatic N) is 1. The second-order valence-corrected chi connectivity index (χ2v) is 7.70. The Morgan fingerprint density at radius 3 is 2.07 bits per heavy atom. The molecule has 1 atom stereocenters. The standard InChI is InChI=1S/C26H27NO2/c1-19(27(2)3)20-9-11-21(12-10-20)22-13-15-24(16-14-22)26-18-28-17-25(29-26)23-7-5-4-6-8-23/h4-5,7,9-19H,6,8H2,1-3H3. The second kappa shape index (κ2) is 8.54.